The van der Waals surface area contributed by atoms with Gasteiger partial charge in [0.05, 0.1) is 6.04 Å². The smallest absolute Gasteiger partial charge is 0.236 e. The maximum absolute atomic E-state index is 11.7. The number of hydrogen-bond acceptors (Lipinski definition) is 2. The van der Waals surface area contributed by atoms with Crippen molar-refractivity contribution in [1.29, 1.82) is 0 Å². The van der Waals surface area contributed by atoms with E-state index in [0.717, 1.165) is 25.3 Å². The number of nitrogens with one attached hydrogen (secondary N) is 2. The Labute approximate surface area is 99.4 Å². The molecule has 0 aromatic carbocycles. The van der Waals surface area contributed by atoms with Crippen molar-refractivity contribution < 1.29 is 4.79 Å². The molecular weight excluding hydrogens is 200 g/mol. The minimum Gasteiger partial charge on any atom is -0.355 e. The van der Waals surface area contributed by atoms with Gasteiger partial charge in [-0.1, -0.05) is 19.8 Å². The Balaban J connectivity index is 2.16. The summed E-state index contributed by atoms with van der Waals surface area (Å²) in [5.74, 6) is 0.922. The van der Waals surface area contributed by atoms with E-state index in [2.05, 4.69) is 24.5 Å². The van der Waals surface area contributed by atoms with Crippen molar-refractivity contribution in [3.05, 3.63) is 0 Å². The molecule has 1 rings (SSSR count). The fraction of sp³-hybridized carbons (Fsp3) is 0.923. The maximum Gasteiger partial charge on any atom is 0.236 e. The Hall–Kier alpha value is -0.570. The van der Waals surface area contributed by atoms with Crippen LogP contribution in [-0.2, 0) is 4.79 Å². The van der Waals surface area contributed by atoms with Crippen molar-refractivity contribution in [2.24, 2.45) is 5.92 Å². The number of unbranched alkanes of at least 4 members (excludes halogenated alkanes) is 1. The number of hydrogen-bond donors (Lipinski definition) is 2. The number of carbonyl (C=O) groups is 1. The molecule has 0 spiro atoms. The predicted molar refractivity (Wildman–Crippen MR) is 67.3 cm³/mol. The average Bonchev–Trinajstić information content (AvgIpc) is 2.14. The van der Waals surface area contributed by atoms with Crippen molar-refractivity contribution in [3.63, 3.8) is 0 Å². The van der Waals surface area contributed by atoms with Crippen LogP contribution in [0.4, 0.5) is 0 Å². The monoisotopic (exact) mass is 226 g/mol. The summed E-state index contributed by atoms with van der Waals surface area (Å²) < 4.78 is 0. The van der Waals surface area contributed by atoms with Gasteiger partial charge in [0, 0.05) is 12.6 Å². The van der Waals surface area contributed by atoms with Gasteiger partial charge in [-0.05, 0) is 39.0 Å². The summed E-state index contributed by atoms with van der Waals surface area (Å²) in [5.41, 5.74) is 0. The molecule has 1 aliphatic rings. The fourth-order valence-corrected chi connectivity index (χ4v) is 2.09. The highest BCUT2D eigenvalue weighted by molar-refractivity contribution is 5.81. The Morgan fingerprint density at radius 3 is 2.56 bits per heavy atom. The van der Waals surface area contributed by atoms with Gasteiger partial charge in [-0.3, -0.25) is 4.79 Å². The molecule has 3 nitrogen and oxygen atoms in total. The molecule has 2 unspecified atom stereocenters. The van der Waals surface area contributed by atoms with Crippen LogP contribution in [0.1, 0.15) is 52.9 Å². The quantitative estimate of drug-likeness (QED) is 0.653. The largest absolute Gasteiger partial charge is 0.355 e. The summed E-state index contributed by atoms with van der Waals surface area (Å²) in [5, 5.41) is 6.36. The molecule has 2 atom stereocenters. The number of amides is 1. The minimum absolute atomic E-state index is 0.0625. The van der Waals surface area contributed by atoms with Crippen LogP contribution in [-0.4, -0.2) is 24.5 Å². The van der Waals surface area contributed by atoms with E-state index in [-0.39, 0.29) is 11.9 Å². The molecule has 0 heterocycles. The van der Waals surface area contributed by atoms with E-state index in [1.54, 1.807) is 0 Å². The van der Waals surface area contributed by atoms with Crippen molar-refractivity contribution in [3.8, 4) is 0 Å². The van der Waals surface area contributed by atoms with E-state index < -0.39 is 0 Å². The van der Waals surface area contributed by atoms with Gasteiger partial charge >= 0.3 is 0 Å². The highest BCUT2D eigenvalue weighted by Crippen LogP contribution is 2.29. The van der Waals surface area contributed by atoms with Gasteiger partial charge in [-0.25, -0.2) is 0 Å². The second kappa shape index (κ2) is 6.89. The van der Waals surface area contributed by atoms with Crippen LogP contribution in [0.25, 0.3) is 0 Å². The first kappa shape index (κ1) is 13.5. The normalized spacial score (nSPS) is 19.9. The van der Waals surface area contributed by atoms with Crippen molar-refractivity contribution in [2.75, 3.05) is 6.54 Å². The third-order valence-electron chi connectivity index (χ3n) is 3.59. The molecule has 1 amide bonds. The zero-order chi connectivity index (χ0) is 12.0. The Bertz CT molecular complexity index is 214. The van der Waals surface area contributed by atoms with E-state index in [1.165, 1.54) is 19.3 Å². The molecule has 94 valence electrons. The van der Waals surface area contributed by atoms with Gasteiger partial charge in [0.15, 0.2) is 0 Å². The van der Waals surface area contributed by atoms with Gasteiger partial charge in [-0.15, -0.1) is 0 Å². The van der Waals surface area contributed by atoms with E-state index in [9.17, 15) is 4.79 Å². The Morgan fingerprint density at radius 2 is 2.06 bits per heavy atom. The molecular formula is C13H26N2O. The molecule has 1 fully saturated rings. The lowest BCUT2D eigenvalue weighted by Gasteiger charge is -2.33. The summed E-state index contributed by atoms with van der Waals surface area (Å²) in [6.07, 6.45) is 6.18. The van der Waals surface area contributed by atoms with Crippen LogP contribution in [0.3, 0.4) is 0 Å². The van der Waals surface area contributed by atoms with Crippen LogP contribution < -0.4 is 10.6 Å². The lowest BCUT2D eigenvalue weighted by molar-refractivity contribution is -0.123. The Kier molecular flexibility index (Phi) is 5.81. The van der Waals surface area contributed by atoms with Gasteiger partial charge in [-0.2, -0.15) is 0 Å². The molecule has 2 N–H and O–H groups in total. The van der Waals surface area contributed by atoms with Crippen molar-refractivity contribution in [1.82, 2.24) is 10.6 Å². The topological polar surface area (TPSA) is 41.1 Å². The molecule has 1 saturated carbocycles. The average molecular weight is 226 g/mol. The SMILES string of the molecule is CCCCNC(=O)C(C)NC(C)C1CCC1. The van der Waals surface area contributed by atoms with E-state index in [4.69, 9.17) is 0 Å². The van der Waals surface area contributed by atoms with Gasteiger partial charge in [0.25, 0.3) is 0 Å². The molecule has 16 heavy (non-hydrogen) atoms. The third kappa shape index (κ3) is 4.12. The second-order valence-electron chi connectivity index (χ2n) is 5.01. The molecule has 0 bridgehead atoms. The van der Waals surface area contributed by atoms with Crippen LogP contribution in [0.2, 0.25) is 0 Å². The predicted octanol–water partition coefficient (Wildman–Crippen LogP) is 2.07. The maximum atomic E-state index is 11.7. The summed E-state index contributed by atoms with van der Waals surface area (Å²) in [4.78, 5) is 11.7. The van der Waals surface area contributed by atoms with Gasteiger partial charge < -0.3 is 10.6 Å². The summed E-state index contributed by atoms with van der Waals surface area (Å²) in [7, 11) is 0. The number of carbonyl (C=O) groups excluding carboxylic acids is 1. The Morgan fingerprint density at radius 1 is 1.38 bits per heavy atom. The highest BCUT2D eigenvalue weighted by atomic mass is 16.2. The summed E-state index contributed by atoms with van der Waals surface area (Å²) >= 11 is 0. The van der Waals surface area contributed by atoms with Crippen molar-refractivity contribution >= 4 is 5.91 Å². The molecule has 0 aromatic rings. The van der Waals surface area contributed by atoms with Crippen molar-refractivity contribution in [2.45, 2.75) is 65.0 Å². The lowest BCUT2D eigenvalue weighted by Crippen LogP contribution is -2.49. The first-order valence-electron chi connectivity index (χ1n) is 6.69. The molecule has 3 heteroatoms. The van der Waals surface area contributed by atoms with E-state index in [0.29, 0.717) is 6.04 Å². The van der Waals surface area contributed by atoms with E-state index in [1.807, 2.05) is 6.92 Å². The molecule has 1 aliphatic carbocycles. The van der Waals surface area contributed by atoms with Gasteiger partial charge in [0.1, 0.15) is 0 Å². The minimum atomic E-state index is -0.0625. The second-order valence-corrected chi connectivity index (χ2v) is 5.01. The zero-order valence-electron chi connectivity index (χ0n) is 10.9. The highest BCUT2D eigenvalue weighted by Gasteiger charge is 2.26. The van der Waals surface area contributed by atoms with E-state index >= 15 is 0 Å². The lowest BCUT2D eigenvalue weighted by atomic mass is 9.80. The first-order valence-corrected chi connectivity index (χ1v) is 6.69. The van der Waals surface area contributed by atoms with Crippen LogP contribution in [0, 0.1) is 5.92 Å². The molecule has 0 aliphatic heterocycles. The molecule has 0 aromatic heterocycles. The molecule has 0 saturated heterocycles. The van der Waals surface area contributed by atoms with Crippen LogP contribution in [0.5, 0.6) is 0 Å². The number of rotatable bonds is 7. The summed E-state index contributed by atoms with van der Waals surface area (Å²) in [6.45, 7) is 7.09. The first-order chi connectivity index (χ1) is 7.65. The zero-order valence-corrected chi connectivity index (χ0v) is 10.9. The van der Waals surface area contributed by atoms with Gasteiger partial charge in [0.2, 0.25) is 5.91 Å². The fourth-order valence-electron chi connectivity index (χ4n) is 2.09. The van der Waals surface area contributed by atoms with Crippen LogP contribution >= 0.6 is 0 Å². The summed E-state index contributed by atoms with van der Waals surface area (Å²) in [6, 6.07) is 0.410. The third-order valence-corrected chi connectivity index (χ3v) is 3.59. The molecule has 0 radical (unpaired) electrons. The standard InChI is InChI=1S/C13H26N2O/c1-4-5-9-14-13(16)11(3)15-10(2)12-7-6-8-12/h10-12,15H,4-9H2,1-3H3,(H,14,16). The van der Waals surface area contributed by atoms with Crippen LogP contribution in [0.15, 0.2) is 0 Å².